The third-order valence-corrected chi connectivity index (χ3v) is 1.25. The topological polar surface area (TPSA) is 109 Å². The molecule has 7 heteroatoms. The standard InChI is InChI=1S/C8H6O2.Cr.2H2O.2O/c9-5-7-3-1-2-4-8(7)6-10;;;;;/h1-6H;;2*1H2;;/q;+2;;;;/p-2. The monoisotopic (exact) mass is 252 g/mol. The van der Waals surface area contributed by atoms with Gasteiger partial charge in [0.2, 0.25) is 0 Å². The predicted molar refractivity (Wildman–Crippen MR) is 43.0 cm³/mol. The van der Waals surface area contributed by atoms with E-state index < -0.39 is 13.6 Å². The maximum atomic E-state index is 10.2. The summed E-state index contributed by atoms with van der Waals surface area (Å²) in [5.74, 6) is 0. The Kier molecular flexibility index (Phi) is 5.59. The van der Waals surface area contributed by atoms with Crippen molar-refractivity contribution < 1.29 is 39.1 Å². The van der Waals surface area contributed by atoms with E-state index in [2.05, 4.69) is 0 Å². The van der Waals surface area contributed by atoms with Crippen molar-refractivity contribution in [2.45, 2.75) is 0 Å². The molecule has 82 valence electrons. The zero-order valence-corrected chi connectivity index (χ0v) is 8.67. The Morgan fingerprint density at radius 2 is 1.20 bits per heavy atom. The van der Waals surface area contributed by atoms with Crippen LogP contribution in [0.5, 0.6) is 0 Å². The van der Waals surface area contributed by atoms with Gasteiger partial charge in [-0.05, 0) is 0 Å². The SMILES string of the molecule is O=Cc1ccccc1C=O.[O]=[Cr](=[O])([OH])[OH]. The number of hydrogen-bond donors (Lipinski definition) is 2. The Morgan fingerprint density at radius 1 is 0.933 bits per heavy atom. The molecule has 1 aromatic rings. The van der Waals surface area contributed by atoms with Gasteiger partial charge in [-0.1, -0.05) is 24.3 Å². The summed E-state index contributed by atoms with van der Waals surface area (Å²) < 4.78 is 31.9. The molecular formula is C8H8CrO6. The van der Waals surface area contributed by atoms with Gasteiger partial charge in [0.15, 0.2) is 12.6 Å². The Hall–Kier alpha value is -1.39. The van der Waals surface area contributed by atoms with Crippen LogP contribution in [0.2, 0.25) is 0 Å². The van der Waals surface area contributed by atoms with Crippen molar-refractivity contribution in [1.82, 2.24) is 0 Å². The first kappa shape index (κ1) is 13.6. The molecule has 0 amide bonds. The summed E-state index contributed by atoms with van der Waals surface area (Å²) in [6.45, 7) is 0. The van der Waals surface area contributed by atoms with Crippen molar-refractivity contribution in [2.75, 3.05) is 0 Å². The first-order valence-corrected chi connectivity index (χ1v) is 5.76. The second-order valence-corrected chi connectivity index (χ2v) is 3.71. The molecule has 2 N–H and O–H groups in total. The fourth-order valence-corrected chi connectivity index (χ4v) is 0.726. The van der Waals surface area contributed by atoms with Crippen LogP contribution in [0.25, 0.3) is 0 Å². The summed E-state index contributed by atoms with van der Waals surface area (Å²) in [5, 5.41) is 0. The van der Waals surface area contributed by atoms with E-state index in [-0.39, 0.29) is 0 Å². The molecule has 0 aliphatic rings. The molecule has 1 aromatic carbocycles. The summed E-state index contributed by atoms with van der Waals surface area (Å²) in [5.41, 5.74) is 0.884. The fraction of sp³-hybridized carbons (Fsp3) is 0. The summed E-state index contributed by atoms with van der Waals surface area (Å²) in [7, 11) is 0. The molecule has 0 saturated heterocycles. The Labute approximate surface area is 87.6 Å². The first-order valence-electron chi connectivity index (χ1n) is 3.57. The molecule has 0 spiro atoms. The minimum atomic E-state index is -5.25. The molecule has 0 aliphatic carbocycles. The van der Waals surface area contributed by atoms with Crippen LogP contribution in [0.1, 0.15) is 20.7 Å². The third kappa shape index (κ3) is 7.67. The van der Waals surface area contributed by atoms with Crippen LogP contribution >= 0.6 is 0 Å². The Bertz CT molecular complexity index is 401. The van der Waals surface area contributed by atoms with E-state index in [4.69, 9.17) is 15.9 Å². The third-order valence-electron chi connectivity index (χ3n) is 1.25. The van der Waals surface area contributed by atoms with Gasteiger partial charge in [0, 0.05) is 11.1 Å². The van der Waals surface area contributed by atoms with Crippen LogP contribution < -0.4 is 0 Å². The number of rotatable bonds is 2. The molecule has 0 bridgehead atoms. The summed E-state index contributed by atoms with van der Waals surface area (Å²) in [6.07, 6.45) is 1.34. The van der Waals surface area contributed by atoms with E-state index in [0.717, 1.165) is 0 Å². The molecule has 15 heavy (non-hydrogen) atoms. The number of benzene rings is 1. The van der Waals surface area contributed by atoms with E-state index in [1.165, 1.54) is 0 Å². The van der Waals surface area contributed by atoms with E-state index in [1.807, 2.05) is 0 Å². The summed E-state index contributed by atoms with van der Waals surface area (Å²) in [6, 6.07) is 6.65. The van der Waals surface area contributed by atoms with Gasteiger partial charge < -0.3 is 0 Å². The van der Waals surface area contributed by atoms with E-state index >= 15 is 0 Å². The zero-order valence-electron chi connectivity index (χ0n) is 7.40. The second kappa shape index (κ2) is 6.16. The number of carbonyl (C=O) groups is 2. The normalized spacial score (nSPS) is 9.73. The average Bonchev–Trinajstić information content (AvgIpc) is 2.15. The predicted octanol–water partition coefficient (Wildman–Crippen LogP) is -0.0425. The van der Waals surface area contributed by atoms with Gasteiger partial charge in [0.05, 0.1) is 0 Å². The molecule has 0 atom stereocenters. The van der Waals surface area contributed by atoms with Crippen molar-refractivity contribution in [1.29, 1.82) is 0 Å². The van der Waals surface area contributed by atoms with Gasteiger partial charge in [-0.15, -0.1) is 0 Å². The number of hydrogen-bond acceptors (Lipinski definition) is 4. The maximum absolute atomic E-state index is 10.2. The average molecular weight is 252 g/mol. The molecule has 0 aliphatic heterocycles. The van der Waals surface area contributed by atoms with Crippen LogP contribution in [-0.4, -0.2) is 20.9 Å². The zero-order chi connectivity index (χ0) is 11.9. The van der Waals surface area contributed by atoms with Crippen molar-refractivity contribution in [2.24, 2.45) is 0 Å². The molecule has 1 rings (SSSR count). The van der Waals surface area contributed by atoms with Crippen molar-refractivity contribution in [3.05, 3.63) is 35.4 Å². The van der Waals surface area contributed by atoms with Crippen LogP contribution in [0.4, 0.5) is 0 Å². The Morgan fingerprint density at radius 3 is 1.40 bits per heavy atom. The van der Waals surface area contributed by atoms with E-state index in [9.17, 15) is 9.59 Å². The minimum absolute atomic E-state index is 0.442. The quantitative estimate of drug-likeness (QED) is 0.714. The van der Waals surface area contributed by atoms with Crippen LogP contribution in [0, 0.1) is 0 Å². The summed E-state index contributed by atoms with van der Waals surface area (Å²) in [4.78, 5) is 20.5. The van der Waals surface area contributed by atoms with Gasteiger partial charge in [0.1, 0.15) is 0 Å². The molecule has 6 nitrogen and oxygen atoms in total. The molecular weight excluding hydrogens is 244 g/mol. The molecule has 0 fully saturated rings. The second-order valence-electron chi connectivity index (χ2n) is 2.31. The molecule has 0 heterocycles. The number of carbonyl (C=O) groups excluding carboxylic acids is 2. The first-order chi connectivity index (χ1) is 6.88. The molecule has 0 radical (unpaired) electrons. The van der Waals surface area contributed by atoms with Gasteiger partial charge in [-0.2, -0.15) is 0 Å². The van der Waals surface area contributed by atoms with Crippen LogP contribution in [-0.2, 0) is 21.2 Å². The van der Waals surface area contributed by atoms with Crippen molar-refractivity contribution >= 4 is 12.6 Å². The van der Waals surface area contributed by atoms with Crippen LogP contribution in [0.15, 0.2) is 24.3 Å². The number of aldehydes is 2. The fourth-order valence-electron chi connectivity index (χ4n) is 0.726. The van der Waals surface area contributed by atoms with Gasteiger partial charge >= 0.3 is 29.5 Å². The molecule has 0 saturated carbocycles. The Balaban J connectivity index is 0.000000336. The van der Waals surface area contributed by atoms with Crippen molar-refractivity contribution in [3.8, 4) is 0 Å². The van der Waals surface area contributed by atoms with E-state index in [1.54, 1.807) is 24.3 Å². The summed E-state index contributed by atoms with van der Waals surface area (Å²) >= 11 is -5.25. The van der Waals surface area contributed by atoms with Crippen molar-refractivity contribution in [3.63, 3.8) is 0 Å². The molecule has 0 aromatic heterocycles. The van der Waals surface area contributed by atoms with Gasteiger partial charge in [-0.3, -0.25) is 9.59 Å². The van der Waals surface area contributed by atoms with Gasteiger partial charge in [-0.25, -0.2) is 0 Å². The van der Waals surface area contributed by atoms with Gasteiger partial charge in [0.25, 0.3) is 0 Å². The molecule has 0 unspecified atom stereocenters. The van der Waals surface area contributed by atoms with E-state index in [0.29, 0.717) is 23.7 Å². The van der Waals surface area contributed by atoms with Crippen LogP contribution in [0.3, 0.4) is 0 Å².